The van der Waals surface area contributed by atoms with E-state index in [9.17, 15) is 4.79 Å². The van der Waals surface area contributed by atoms with Gasteiger partial charge in [-0.15, -0.1) is 0 Å². The summed E-state index contributed by atoms with van der Waals surface area (Å²) in [6.45, 7) is 11.4. The van der Waals surface area contributed by atoms with Crippen LogP contribution in [0.2, 0.25) is 0 Å². The van der Waals surface area contributed by atoms with Crippen LogP contribution in [0.25, 0.3) is 0 Å². The first-order valence-electron chi connectivity index (χ1n) is 7.60. The maximum absolute atomic E-state index is 12.5. The standard InChI is InChI=1S/C17H27NO3/c1-6-20-15-11-9-8-10-14(15)17(5,16(19)21-7-2)18-12-13(3)4/h8-11,13,18H,6-7,12H2,1-5H3. The van der Waals surface area contributed by atoms with Crippen molar-refractivity contribution in [3.63, 3.8) is 0 Å². The topological polar surface area (TPSA) is 47.6 Å². The van der Waals surface area contributed by atoms with Crippen molar-refractivity contribution in [1.29, 1.82) is 0 Å². The molecule has 21 heavy (non-hydrogen) atoms. The minimum Gasteiger partial charge on any atom is -0.494 e. The molecule has 1 atom stereocenters. The van der Waals surface area contributed by atoms with Crippen LogP contribution < -0.4 is 10.1 Å². The third-order valence-electron chi connectivity index (χ3n) is 3.27. The molecule has 0 heterocycles. The lowest BCUT2D eigenvalue weighted by atomic mass is 9.90. The van der Waals surface area contributed by atoms with Crippen LogP contribution in [0.5, 0.6) is 5.75 Å². The molecule has 0 aromatic heterocycles. The highest BCUT2D eigenvalue weighted by atomic mass is 16.5. The quantitative estimate of drug-likeness (QED) is 0.748. The smallest absolute Gasteiger partial charge is 0.330 e. The van der Waals surface area contributed by atoms with Crippen molar-refractivity contribution in [3.8, 4) is 5.75 Å². The maximum Gasteiger partial charge on any atom is 0.330 e. The van der Waals surface area contributed by atoms with Crippen LogP contribution in [0.1, 0.15) is 40.2 Å². The Morgan fingerprint density at radius 3 is 2.48 bits per heavy atom. The first-order chi connectivity index (χ1) is 9.95. The molecule has 0 aliphatic carbocycles. The SMILES string of the molecule is CCOC(=O)C(C)(NCC(C)C)c1ccccc1OCC. The van der Waals surface area contributed by atoms with E-state index in [2.05, 4.69) is 19.2 Å². The van der Waals surface area contributed by atoms with E-state index in [1.54, 1.807) is 0 Å². The van der Waals surface area contributed by atoms with Gasteiger partial charge >= 0.3 is 5.97 Å². The zero-order chi connectivity index (χ0) is 15.9. The van der Waals surface area contributed by atoms with Gasteiger partial charge in [-0.25, -0.2) is 4.79 Å². The molecular formula is C17H27NO3. The Labute approximate surface area is 127 Å². The summed E-state index contributed by atoms with van der Waals surface area (Å²) in [5.41, 5.74) is -0.0996. The number of rotatable bonds is 8. The molecule has 0 spiro atoms. The normalized spacial score (nSPS) is 13.8. The highest BCUT2D eigenvalue weighted by Crippen LogP contribution is 2.31. The van der Waals surface area contributed by atoms with Gasteiger partial charge in [0, 0.05) is 5.56 Å². The number of benzene rings is 1. The lowest BCUT2D eigenvalue weighted by molar-refractivity contribution is -0.151. The van der Waals surface area contributed by atoms with Crippen molar-refractivity contribution in [1.82, 2.24) is 5.32 Å². The van der Waals surface area contributed by atoms with Gasteiger partial charge in [-0.1, -0.05) is 32.0 Å². The molecule has 4 heteroatoms. The van der Waals surface area contributed by atoms with Gasteiger partial charge < -0.3 is 9.47 Å². The predicted molar refractivity (Wildman–Crippen MR) is 84.4 cm³/mol. The molecule has 0 saturated carbocycles. The Bertz CT molecular complexity index is 459. The van der Waals surface area contributed by atoms with Crippen molar-refractivity contribution < 1.29 is 14.3 Å². The number of para-hydroxylation sites is 1. The molecule has 0 saturated heterocycles. The zero-order valence-corrected chi connectivity index (χ0v) is 13.7. The molecule has 4 nitrogen and oxygen atoms in total. The van der Waals surface area contributed by atoms with Crippen LogP contribution in [0.3, 0.4) is 0 Å². The number of esters is 1. The Kier molecular flexibility index (Phi) is 6.69. The van der Waals surface area contributed by atoms with Crippen molar-refractivity contribution in [2.45, 2.75) is 40.2 Å². The molecule has 1 aromatic carbocycles. The molecule has 1 N–H and O–H groups in total. The van der Waals surface area contributed by atoms with E-state index in [-0.39, 0.29) is 5.97 Å². The summed E-state index contributed by atoms with van der Waals surface area (Å²) in [7, 11) is 0. The van der Waals surface area contributed by atoms with E-state index >= 15 is 0 Å². The van der Waals surface area contributed by atoms with Gasteiger partial charge in [-0.3, -0.25) is 5.32 Å². The number of nitrogens with one attached hydrogen (secondary N) is 1. The summed E-state index contributed by atoms with van der Waals surface area (Å²) in [6.07, 6.45) is 0. The molecule has 1 unspecified atom stereocenters. The van der Waals surface area contributed by atoms with Crippen molar-refractivity contribution >= 4 is 5.97 Å². The summed E-state index contributed by atoms with van der Waals surface area (Å²) in [4.78, 5) is 12.5. The molecule has 1 rings (SSSR count). The van der Waals surface area contributed by atoms with E-state index in [0.29, 0.717) is 24.9 Å². The number of carbonyl (C=O) groups excluding carboxylic acids is 1. The summed E-state index contributed by atoms with van der Waals surface area (Å²) in [6, 6.07) is 7.61. The van der Waals surface area contributed by atoms with Crippen LogP contribution in [0, 0.1) is 5.92 Å². The summed E-state index contributed by atoms with van der Waals surface area (Å²) < 4.78 is 10.9. The average Bonchev–Trinajstić information content (AvgIpc) is 2.46. The van der Waals surface area contributed by atoms with Gasteiger partial charge in [0.1, 0.15) is 11.3 Å². The molecule has 0 amide bonds. The first-order valence-corrected chi connectivity index (χ1v) is 7.60. The third-order valence-corrected chi connectivity index (χ3v) is 3.27. The monoisotopic (exact) mass is 293 g/mol. The van der Waals surface area contributed by atoms with Crippen molar-refractivity contribution in [3.05, 3.63) is 29.8 Å². The largest absolute Gasteiger partial charge is 0.494 e. The average molecular weight is 293 g/mol. The van der Waals surface area contributed by atoms with E-state index in [4.69, 9.17) is 9.47 Å². The molecule has 0 bridgehead atoms. The lowest BCUT2D eigenvalue weighted by Crippen LogP contribution is -2.49. The van der Waals surface area contributed by atoms with Crippen LogP contribution in [0.4, 0.5) is 0 Å². The summed E-state index contributed by atoms with van der Waals surface area (Å²) in [5.74, 6) is 0.864. The second-order valence-corrected chi connectivity index (χ2v) is 5.55. The van der Waals surface area contributed by atoms with Crippen molar-refractivity contribution in [2.24, 2.45) is 5.92 Å². The fourth-order valence-corrected chi connectivity index (χ4v) is 2.12. The third kappa shape index (κ3) is 4.46. The van der Waals surface area contributed by atoms with E-state index < -0.39 is 5.54 Å². The second kappa shape index (κ2) is 8.03. The van der Waals surface area contributed by atoms with Gasteiger partial charge in [0.2, 0.25) is 0 Å². The minimum absolute atomic E-state index is 0.280. The molecule has 1 aromatic rings. The summed E-state index contributed by atoms with van der Waals surface area (Å²) >= 11 is 0. The summed E-state index contributed by atoms with van der Waals surface area (Å²) in [5, 5.41) is 3.34. The highest BCUT2D eigenvalue weighted by molar-refractivity contribution is 5.83. The van der Waals surface area contributed by atoms with E-state index in [1.807, 2.05) is 45.0 Å². The van der Waals surface area contributed by atoms with Crippen LogP contribution in [-0.4, -0.2) is 25.7 Å². The fourth-order valence-electron chi connectivity index (χ4n) is 2.12. The zero-order valence-electron chi connectivity index (χ0n) is 13.7. The Hall–Kier alpha value is -1.55. The lowest BCUT2D eigenvalue weighted by Gasteiger charge is -2.31. The fraction of sp³-hybridized carbons (Fsp3) is 0.588. The van der Waals surface area contributed by atoms with Crippen molar-refractivity contribution in [2.75, 3.05) is 19.8 Å². The van der Waals surface area contributed by atoms with Gasteiger partial charge in [-0.05, 0) is 39.3 Å². The van der Waals surface area contributed by atoms with Gasteiger partial charge in [0.05, 0.1) is 13.2 Å². The minimum atomic E-state index is -0.911. The highest BCUT2D eigenvalue weighted by Gasteiger charge is 2.38. The first kappa shape index (κ1) is 17.5. The van der Waals surface area contributed by atoms with E-state index in [1.165, 1.54) is 0 Å². The van der Waals surface area contributed by atoms with Gasteiger partial charge in [0.15, 0.2) is 0 Å². The Balaban J connectivity index is 3.19. The van der Waals surface area contributed by atoms with Crippen LogP contribution >= 0.6 is 0 Å². The van der Waals surface area contributed by atoms with Gasteiger partial charge in [0.25, 0.3) is 0 Å². The molecule has 0 radical (unpaired) electrons. The number of ether oxygens (including phenoxy) is 2. The maximum atomic E-state index is 12.5. The second-order valence-electron chi connectivity index (χ2n) is 5.55. The molecule has 118 valence electrons. The Morgan fingerprint density at radius 1 is 1.24 bits per heavy atom. The predicted octanol–water partition coefficient (Wildman–Crippen LogP) is 3.11. The number of hydrogen-bond acceptors (Lipinski definition) is 4. The molecular weight excluding hydrogens is 266 g/mol. The number of carbonyl (C=O) groups is 1. The van der Waals surface area contributed by atoms with Gasteiger partial charge in [-0.2, -0.15) is 0 Å². The Morgan fingerprint density at radius 2 is 1.90 bits per heavy atom. The molecule has 0 fully saturated rings. The number of hydrogen-bond donors (Lipinski definition) is 1. The van der Waals surface area contributed by atoms with E-state index in [0.717, 1.165) is 12.1 Å². The molecule has 0 aliphatic heterocycles. The van der Waals surface area contributed by atoms with Crippen LogP contribution in [-0.2, 0) is 15.1 Å². The molecule has 0 aliphatic rings. The van der Waals surface area contributed by atoms with Crippen LogP contribution in [0.15, 0.2) is 24.3 Å².